The third-order valence-corrected chi connectivity index (χ3v) is 5.08. The molecule has 0 spiro atoms. The second-order valence-corrected chi connectivity index (χ2v) is 7.11. The van der Waals surface area contributed by atoms with Crippen molar-refractivity contribution in [1.29, 1.82) is 0 Å². The van der Waals surface area contributed by atoms with Gasteiger partial charge in [-0.3, -0.25) is 0 Å². The molecule has 0 aliphatic heterocycles. The summed E-state index contributed by atoms with van der Waals surface area (Å²) >= 11 is 0. The van der Waals surface area contributed by atoms with Crippen molar-refractivity contribution in [3.63, 3.8) is 0 Å². The third-order valence-electron chi connectivity index (χ3n) is 5.08. The first kappa shape index (κ1) is 19.6. The monoisotopic (exact) mass is 398 g/mol. The summed E-state index contributed by atoms with van der Waals surface area (Å²) < 4.78 is 10.5. The summed E-state index contributed by atoms with van der Waals surface area (Å²) in [6.45, 7) is 1.90. The summed E-state index contributed by atoms with van der Waals surface area (Å²) in [4.78, 5) is 24.6. The SMILES string of the molecule is CCOC(=O)c1cc2c(Cc3ccccc3)c(Cc3ccccc3)ccc2oc1=O. The number of carbonyl (C=O) groups is 1. The van der Waals surface area contributed by atoms with Gasteiger partial charge in [0, 0.05) is 5.39 Å². The van der Waals surface area contributed by atoms with E-state index in [1.165, 1.54) is 5.56 Å². The standard InChI is InChI=1S/C26H22O4/c1-2-29-25(27)23-17-22-21(16-19-11-7-4-8-12-19)20(13-14-24(22)30-26(23)28)15-18-9-5-3-6-10-18/h3-14,17H,2,15-16H2,1H3. The van der Waals surface area contributed by atoms with Gasteiger partial charge in [-0.25, -0.2) is 9.59 Å². The van der Waals surface area contributed by atoms with E-state index in [2.05, 4.69) is 24.3 Å². The van der Waals surface area contributed by atoms with Crippen LogP contribution in [0.5, 0.6) is 0 Å². The second kappa shape index (κ2) is 8.78. The lowest BCUT2D eigenvalue weighted by Gasteiger charge is -2.14. The Morgan fingerprint density at radius 3 is 2.13 bits per heavy atom. The molecule has 0 saturated carbocycles. The van der Waals surface area contributed by atoms with E-state index in [1.807, 2.05) is 42.5 Å². The van der Waals surface area contributed by atoms with Gasteiger partial charge in [0.2, 0.25) is 0 Å². The lowest BCUT2D eigenvalue weighted by Crippen LogP contribution is -2.16. The Labute approximate surface area is 174 Å². The minimum atomic E-state index is -0.678. The molecule has 0 atom stereocenters. The fourth-order valence-electron chi connectivity index (χ4n) is 3.63. The van der Waals surface area contributed by atoms with E-state index >= 15 is 0 Å². The summed E-state index contributed by atoms with van der Waals surface area (Å²) in [5.74, 6) is -0.660. The van der Waals surface area contributed by atoms with Crippen LogP contribution in [0.15, 0.2) is 88.1 Å². The Bertz CT molecular complexity index is 1220. The van der Waals surface area contributed by atoms with Crippen LogP contribution in [0.4, 0.5) is 0 Å². The lowest BCUT2D eigenvalue weighted by atomic mass is 9.92. The molecule has 0 aliphatic carbocycles. The van der Waals surface area contributed by atoms with E-state index < -0.39 is 11.6 Å². The Hall–Kier alpha value is -3.66. The van der Waals surface area contributed by atoms with E-state index in [1.54, 1.807) is 19.1 Å². The van der Waals surface area contributed by atoms with Crippen LogP contribution in [0, 0.1) is 0 Å². The number of hydrogen-bond acceptors (Lipinski definition) is 4. The molecule has 1 heterocycles. The van der Waals surface area contributed by atoms with Gasteiger partial charge in [-0.1, -0.05) is 66.7 Å². The van der Waals surface area contributed by atoms with Gasteiger partial charge in [0.1, 0.15) is 11.1 Å². The van der Waals surface area contributed by atoms with Gasteiger partial charge in [0.15, 0.2) is 0 Å². The number of esters is 1. The maximum absolute atomic E-state index is 12.3. The molecule has 3 aromatic carbocycles. The first-order valence-corrected chi connectivity index (χ1v) is 9.99. The molecule has 4 heteroatoms. The minimum absolute atomic E-state index is 0.0736. The number of benzene rings is 3. The maximum atomic E-state index is 12.3. The minimum Gasteiger partial charge on any atom is -0.462 e. The van der Waals surface area contributed by atoms with Crippen molar-refractivity contribution < 1.29 is 13.9 Å². The molecule has 1 aromatic heterocycles. The van der Waals surface area contributed by atoms with Crippen LogP contribution in [0.25, 0.3) is 11.0 Å². The summed E-state index contributed by atoms with van der Waals surface area (Å²) in [7, 11) is 0. The van der Waals surface area contributed by atoms with Crippen LogP contribution in [0.3, 0.4) is 0 Å². The molecule has 0 unspecified atom stereocenters. The van der Waals surface area contributed by atoms with Crippen molar-refractivity contribution >= 4 is 16.9 Å². The second-order valence-electron chi connectivity index (χ2n) is 7.11. The molecular weight excluding hydrogens is 376 g/mol. The molecule has 0 aliphatic rings. The smallest absolute Gasteiger partial charge is 0.351 e. The fraction of sp³-hybridized carbons (Fsp3) is 0.154. The first-order chi connectivity index (χ1) is 14.7. The molecule has 4 rings (SSSR count). The molecule has 0 bridgehead atoms. The third kappa shape index (κ3) is 4.18. The van der Waals surface area contributed by atoms with E-state index in [-0.39, 0.29) is 12.2 Å². The predicted octanol–water partition coefficient (Wildman–Crippen LogP) is 5.15. The number of fused-ring (bicyclic) bond motifs is 1. The highest BCUT2D eigenvalue weighted by molar-refractivity contribution is 5.94. The highest BCUT2D eigenvalue weighted by Crippen LogP contribution is 2.27. The zero-order chi connectivity index (χ0) is 20.9. The molecule has 4 aromatic rings. The van der Waals surface area contributed by atoms with Crippen LogP contribution in [0.2, 0.25) is 0 Å². The van der Waals surface area contributed by atoms with Crippen molar-refractivity contribution in [3.05, 3.63) is 117 Å². The van der Waals surface area contributed by atoms with Crippen LogP contribution in [-0.2, 0) is 17.6 Å². The Morgan fingerprint density at radius 1 is 0.867 bits per heavy atom. The topological polar surface area (TPSA) is 56.5 Å². The van der Waals surface area contributed by atoms with Gasteiger partial charge < -0.3 is 9.15 Å². The number of hydrogen-bond donors (Lipinski definition) is 0. The van der Waals surface area contributed by atoms with Crippen molar-refractivity contribution in [3.8, 4) is 0 Å². The maximum Gasteiger partial charge on any atom is 0.351 e. The normalized spacial score (nSPS) is 10.8. The quantitative estimate of drug-likeness (QED) is 0.333. The lowest BCUT2D eigenvalue weighted by molar-refractivity contribution is 0.0522. The Morgan fingerprint density at radius 2 is 1.50 bits per heavy atom. The van der Waals surface area contributed by atoms with Crippen LogP contribution in [0.1, 0.15) is 39.5 Å². The fourth-order valence-corrected chi connectivity index (χ4v) is 3.63. The highest BCUT2D eigenvalue weighted by Gasteiger charge is 2.18. The summed E-state index contributed by atoms with van der Waals surface area (Å²) in [6, 6.07) is 25.7. The zero-order valence-electron chi connectivity index (χ0n) is 16.8. The van der Waals surface area contributed by atoms with Gasteiger partial charge >= 0.3 is 11.6 Å². The van der Waals surface area contributed by atoms with E-state index in [4.69, 9.17) is 9.15 Å². The number of rotatable bonds is 6. The molecule has 30 heavy (non-hydrogen) atoms. The number of ether oxygens (including phenoxy) is 1. The van der Waals surface area contributed by atoms with Crippen LogP contribution >= 0.6 is 0 Å². The van der Waals surface area contributed by atoms with E-state index in [0.717, 1.165) is 28.5 Å². The Kier molecular flexibility index (Phi) is 5.75. The van der Waals surface area contributed by atoms with Gasteiger partial charge in [0.05, 0.1) is 6.61 Å². The highest BCUT2D eigenvalue weighted by atomic mass is 16.5. The largest absolute Gasteiger partial charge is 0.462 e. The number of carbonyl (C=O) groups excluding carboxylic acids is 1. The van der Waals surface area contributed by atoms with Crippen LogP contribution < -0.4 is 5.63 Å². The molecule has 4 nitrogen and oxygen atoms in total. The van der Waals surface area contributed by atoms with Crippen molar-refractivity contribution in [2.24, 2.45) is 0 Å². The molecule has 0 radical (unpaired) electrons. The van der Waals surface area contributed by atoms with Crippen molar-refractivity contribution in [2.45, 2.75) is 19.8 Å². The van der Waals surface area contributed by atoms with Gasteiger partial charge in [-0.2, -0.15) is 0 Å². The van der Waals surface area contributed by atoms with Crippen molar-refractivity contribution in [2.75, 3.05) is 6.61 Å². The first-order valence-electron chi connectivity index (χ1n) is 9.99. The van der Waals surface area contributed by atoms with Gasteiger partial charge in [-0.15, -0.1) is 0 Å². The van der Waals surface area contributed by atoms with Crippen LogP contribution in [-0.4, -0.2) is 12.6 Å². The molecule has 0 saturated heterocycles. The summed E-state index contributed by atoms with van der Waals surface area (Å²) in [5, 5.41) is 0.759. The molecule has 0 fully saturated rings. The Balaban J connectivity index is 1.89. The van der Waals surface area contributed by atoms with E-state index in [9.17, 15) is 9.59 Å². The van der Waals surface area contributed by atoms with Crippen molar-refractivity contribution in [1.82, 2.24) is 0 Å². The van der Waals surface area contributed by atoms with Gasteiger partial charge in [0.25, 0.3) is 0 Å². The molecule has 0 amide bonds. The van der Waals surface area contributed by atoms with E-state index in [0.29, 0.717) is 12.0 Å². The predicted molar refractivity (Wildman–Crippen MR) is 117 cm³/mol. The molecular formula is C26H22O4. The zero-order valence-corrected chi connectivity index (χ0v) is 16.8. The molecule has 0 N–H and O–H groups in total. The molecule has 150 valence electrons. The average molecular weight is 398 g/mol. The average Bonchev–Trinajstić information content (AvgIpc) is 2.76. The van der Waals surface area contributed by atoms with Gasteiger partial charge in [-0.05, 0) is 54.2 Å². The summed E-state index contributed by atoms with van der Waals surface area (Å²) in [6.07, 6.45) is 1.41. The summed E-state index contributed by atoms with van der Waals surface area (Å²) in [5.41, 5.74) is 4.21.